The number of alkyl halides is 3. The van der Waals surface area contributed by atoms with E-state index >= 15 is 0 Å². The molecule has 2 aliphatic rings. The number of nitrogens with zero attached hydrogens (tertiary/aromatic N) is 6. The summed E-state index contributed by atoms with van der Waals surface area (Å²) < 4.78 is 51.3. The van der Waals surface area contributed by atoms with E-state index in [1.807, 2.05) is 54.6 Å². The van der Waals surface area contributed by atoms with Crippen molar-refractivity contribution in [2.75, 3.05) is 46.6 Å². The molecule has 0 saturated carbocycles. The number of benzene rings is 4. The van der Waals surface area contributed by atoms with Gasteiger partial charge in [-0.2, -0.15) is 23.1 Å². The molecular weight excluding hydrogens is 717 g/mol. The second-order valence-electron chi connectivity index (χ2n) is 15.2. The minimum atomic E-state index is -4.32. The van der Waals surface area contributed by atoms with Crippen LogP contribution in [-0.2, 0) is 19.1 Å². The zero-order chi connectivity index (χ0) is 39.1. The molecule has 0 radical (unpaired) electrons. The molecule has 2 fully saturated rings. The maximum atomic E-state index is 13.2. The Hall–Kier alpha value is -5.52. The van der Waals surface area contributed by atoms with Crippen LogP contribution in [0.3, 0.4) is 0 Å². The summed E-state index contributed by atoms with van der Waals surface area (Å²) in [7, 11) is 0. The van der Waals surface area contributed by atoms with Gasteiger partial charge in [0.15, 0.2) is 0 Å². The van der Waals surface area contributed by atoms with Crippen LogP contribution in [0.4, 0.5) is 41.1 Å². The van der Waals surface area contributed by atoms with Gasteiger partial charge < -0.3 is 20.4 Å². The van der Waals surface area contributed by atoms with Gasteiger partial charge in [0.05, 0.1) is 16.6 Å². The largest absolute Gasteiger partial charge is 0.416 e. The molecule has 292 valence electrons. The molecule has 56 heavy (non-hydrogen) atoms. The normalized spacial score (nSPS) is 15.0. The van der Waals surface area contributed by atoms with Crippen molar-refractivity contribution < 1.29 is 17.6 Å². The highest BCUT2D eigenvalue weighted by Gasteiger charge is 2.30. The first-order chi connectivity index (χ1) is 27.0. The summed E-state index contributed by atoms with van der Waals surface area (Å²) in [6.07, 6.45) is 3.63. The van der Waals surface area contributed by atoms with E-state index in [1.54, 1.807) is 0 Å². The van der Waals surface area contributed by atoms with Crippen LogP contribution >= 0.6 is 0 Å². The van der Waals surface area contributed by atoms with Crippen LogP contribution in [0.2, 0.25) is 0 Å². The third-order valence-electron chi connectivity index (χ3n) is 10.2. The summed E-state index contributed by atoms with van der Waals surface area (Å²) in [6, 6.07) is 27.9. The molecule has 8 nitrogen and oxygen atoms in total. The van der Waals surface area contributed by atoms with E-state index in [0.717, 1.165) is 108 Å². The number of rotatable bonds is 9. The highest BCUT2D eigenvalue weighted by Crippen LogP contribution is 2.31. The Morgan fingerprint density at radius 3 is 1.82 bits per heavy atom. The molecule has 0 unspecified atom stereocenters. The number of para-hydroxylation sites is 2. The van der Waals surface area contributed by atoms with Gasteiger partial charge in [-0.05, 0) is 118 Å². The number of piperidine rings is 2. The lowest BCUT2D eigenvalue weighted by Gasteiger charge is -2.30. The fraction of sp³-hybridized carbons (Fsp3) is 0.364. The Bertz CT molecular complexity index is 2210. The molecule has 6 aromatic rings. The Kier molecular flexibility index (Phi) is 11.8. The molecule has 2 aromatic heterocycles. The summed E-state index contributed by atoms with van der Waals surface area (Å²) in [5, 5.41) is 8.83. The summed E-state index contributed by atoms with van der Waals surface area (Å²) in [6.45, 7) is 8.61. The van der Waals surface area contributed by atoms with Gasteiger partial charge in [0.25, 0.3) is 0 Å². The smallest absolute Gasteiger partial charge is 0.364 e. The van der Waals surface area contributed by atoms with Crippen molar-refractivity contribution in [1.29, 1.82) is 0 Å². The minimum Gasteiger partial charge on any atom is -0.364 e. The van der Waals surface area contributed by atoms with Crippen LogP contribution in [0.15, 0.2) is 97.1 Å². The average molecular weight is 765 g/mol. The molecule has 0 bridgehead atoms. The van der Waals surface area contributed by atoms with E-state index in [0.29, 0.717) is 12.5 Å². The summed E-state index contributed by atoms with van der Waals surface area (Å²) in [5.41, 5.74) is 2.75. The van der Waals surface area contributed by atoms with Crippen molar-refractivity contribution in [2.45, 2.75) is 77.1 Å². The molecule has 0 atom stereocenters. The fourth-order valence-corrected chi connectivity index (χ4v) is 7.35. The van der Waals surface area contributed by atoms with E-state index in [9.17, 15) is 17.6 Å². The second-order valence-corrected chi connectivity index (χ2v) is 15.2. The van der Waals surface area contributed by atoms with Crippen LogP contribution in [-0.4, -0.2) is 51.7 Å². The van der Waals surface area contributed by atoms with Crippen LogP contribution in [0.1, 0.15) is 69.1 Å². The Balaban J connectivity index is 0.000000172. The molecule has 0 aliphatic carbocycles. The van der Waals surface area contributed by atoms with Crippen molar-refractivity contribution in [3.63, 3.8) is 0 Å². The van der Waals surface area contributed by atoms with Gasteiger partial charge in [0.2, 0.25) is 11.9 Å². The molecule has 2 N–H and O–H groups in total. The topological polar surface area (TPSA) is 82.1 Å². The SMILES string of the molecule is CC(C)(Cc1ccc(F)cc1)Nc1nc(N2CCCCC2)nc2ccccc12.FC(F)(F)c1ccc(CNc2nc(N3CCCCC3)c3ccccc3n2)cc1. The zero-order valence-corrected chi connectivity index (χ0v) is 31.9. The molecule has 4 heterocycles. The van der Waals surface area contributed by atoms with E-state index in [-0.39, 0.29) is 11.4 Å². The molecule has 0 amide bonds. The zero-order valence-electron chi connectivity index (χ0n) is 31.9. The van der Waals surface area contributed by atoms with E-state index < -0.39 is 11.7 Å². The third kappa shape index (κ3) is 9.82. The number of aromatic nitrogens is 4. The van der Waals surface area contributed by atoms with Crippen LogP contribution in [0, 0.1) is 5.82 Å². The van der Waals surface area contributed by atoms with E-state index in [1.165, 1.54) is 49.9 Å². The van der Waals surface area contributed by atoms with Gasteiger partial charge in [-0.15, -0.1) is 0 Å². The lowest BCUT2D eigenvalue weighted by atomic mass is 9.94. The van der Waals surface area contributed by atoms with Crippen molar-refractivity contribution in [3.05, 3.63) is 120 Å². The maximum absolute atomic E-state index is 13.2. The lowest BCUT2D eigenvalue weighted by Crippen LogP contribution is -2.35. The van der Waals surface area contributed by atoms with Gasteiger partial charge >= 0.3 is 6.18 Å². The first-order valence-corrected chi connectivity index (χ1v) is 19.5. The summed E-state index contributed by atoms with van der Waals surface area (Å²) in [4.78, 5) is 23.6. The van der Waals surface area contributed by atoms with Crippen LogP contribution < -0.4 is 20.4 Å². The molecular formula is C44H48F4N8. The summed E-state index contributed by atoms with van der Waals surface area (Å²) >= 11 is 0. The number of anilines is 4. The Morgan fingerprint density at radius 1 is 0.607 bits per heavy atom. The minimum absolute atomic E-state index is 0.206. The number of hydrogen-bond acceptors (Lipinski definition) is 8. The molecule has 8 rings (SSSR count). The average Bonchev–Trinajstić information content (AvgIpc) is 3.21. The van der Waals surface area contributed by atoms with Crippen molar-refractivity contribution >= 4 is 45.3 Å². The molecule has 4 aromatic carbocycles. The van der Waals surface area contributed by atoms with Gasteiger partial charge in [-0.25, -0.2) is 14.4 Å². The second kappa shape index (κ2) is 17.1. The van der Waals surface area contributed by atoms with Crippen molar-refractivity contribution in [3.8, 4) is 0 Å². The maximum Gasteiger partial charge on any atom is 0.416 e. The van der Waals surface area contributed by atoms with Crippen molar-refractivity contribution in [2.24, 2.45) is 0 Å². The monoisotopic (exact) mass is 764 g/mol. The number of halogens is 4. The van der Waals surface area contributed by atoms with Crippen LogP contribution in [0.5, 0.6) is 0 Å². The lowest BCUT2D eigenvalue weighted by molar-refractivity contribution is -0.137. The summed E-state index contributed by atoms with van der Waals surface area (Å²) in [5.74, 6) is 2.86. The molecule has 2 aliphatic heterocycles. The van der Waals surface area contributed by atoms with Gasteiger partial charge in [-0.1, -0.05) is 48.5 Å². The predicted octanol–water partition coefficient (Wildman–Crippen LogP) is 10.4. The number of hydrogen-bond donors (Lipinski definition) is 2. The standard InChI is InChI=1S/C23H27FN4.C21H21F3N4/c1-23(2,16-17-10-12-18(24)13-11-17)27-21-19-8-4-5-9-20(19)25-22(26-21)28-14-6-3-7-15-28;22-21(23,24)16-10-8-15(9-11-16)14-25-20-26-18-7-3-2-6-17(18)19(27-20)28-12-4-1-5-13-28/h4-5,8-13H,3,6-7,14-16H2,1-2H3,(H,25,26,27);2-3,6-11H,1,4-5,12-14H2,(H,25,26,27). The van der Waals surface area contributed by atoms with Crippen LogP contribution in [0.25, 0.3) is 21.8 Å². The quantitative estimate of drug-likeness (QED) is 0.141. The molecule has 2 saturated heterocycles. The molecule has 0 spiro atoms. The Labute approximate surface area is 325 Å². The van der Waals surface area contributed by atoms with Crippen molar-refractivity contribution in [1.82, 2.24) is 19.9 Å². The Morgan fingerprint density at radius 2 is 1.18 bits per heavy atom. The number of fused-ring (bicyclic) bond motifs is 2. The first-order valence-electron chi connectivity index (χ1n) is 19.5. The van der Waals surface area contributed by atoms with Gasteiger partial charge in [0, 0.05) is 49.0 Å². The van der Waals surface area contributed by atoms with Gasteiger partial charge in [0.1, 0.15) is 17.5 Å². The van der Waals surface area contributed by atoms with E-state index in [2.05, 4.69) is 45.3 Å². The number of nitrogens with one attached hydrogen (secondary N) is 2. The molecule has 12 heteroatoms. The van der Waals surface area contributed by atoms with E-state index in [4.69, 9.17) is 15.0 Å². The predicted molar refractivity (Wildman–Crippen MR) is 218 cm³/mol. The fourth-order valence-electron chi connectivity index (χ4n) is 7.35. The highest BCUT2D eigenvalue weighted by molar-refractivity contribution is 5.91. The first kappa shape index (κ1) is 38.7. The van der Waals surface area contributed by atoms with Gasteiger partial charge in [-0.3, -0.25) is 0 Å². The highest BCUT2D eigenvalue weighted by atomic mass is 19.4. The third-order valence-corrected chi connectivity index (χ3v) is 10.2.